The lowest BCUT2D eigenvalue weighted by Gasteiger charge is -2.13. The zero-order valence-electron chi connectivity index (χ0n) is 20.5. The number of benzene rings is 2. The van der Waals surface area contributed by atoms with E-state index in [1.165, 1.54) is 5.56 Å². The molecule has 0 saturated heterocycles. The van der Waals surface area contributed by atoms with Gasteiger partial charge in [-0.15, -0.1) is 0 Å². The fraction of sp³-hybridized carbons (Fsp3) is 0.320. The normalized spacial score (nSPS) is 11.4. The third kappa shape index (κ3) is 7.94. The van der Waals surface area contributed by atoms with Gasteiger partial charge in [-0.1, -0.05) is 41.9 Å². The molecule has 10 N–H and O–H groups in total. The van der Waals surface area contributed by atoms with Crippen molar-refractivity contribution < 1.29 is 9.53 Å². The van der Waals surface area contributed by atoms with Crippen LogP contribution in [0.3, 0.4) is 0 Å². The molecule has 0 spiro atoms. The van der Waals surface area contributed by atoms with Crippen molar-refractivity contribution >= 4 is 51.7 Å². The van der Waals surface area contributed by atoms with Crippen LogP contribution in [0.1, 0.15) is 48.2 Å². The van der Waals surface area contributed by atoms with Gasteiger partial charge < -0.3 is 27.7 Å². The molecule has 1 heterocycles. The molecular weight excluding hydrogens is 494 g/mol. The van der Waals surface area contributed by atoms with Gasteiger partial charge in [-0.3, -0.25) is 20.5 Å². The molecule has 0 aliphatic carbocycles. The zero-order valence-corrected chi connectivity index (χ0v) is 21.2. The average molecular weight is 526 g/mol. The first-order valence-electron chi connectivity index (χ1n) is 11.9. The van der Waals surface area contributed by atoms with Crippen LogP contribution in [0.4, 0.5) is 11.6 Å². The quantitative estimate of drug-likeness (QED) is 0.117. The number of rotatable bonds is 12. The molecule has 1 amide bonds. The minimum absolute atomic E-state index is 0.0469. The number of ether oxygens (including phenoxy) is 1. The maximum absolute atomic E-state index is 12.3. The van der Waals surface area contributed by atoms with Crippen LogP contribution in [-0.2, 0) is 6.42 Å². The van der Waals surface area contributed by atoms with E-state index >= 15 is 0 Å². The number of aliphatic imine (C=N–C) groups is 1. The first-order chi connectivity index (χ1) is 17.8. The molecule has 12 heteroatoms. The molecule has 0 radical (unpaired) electrons. The molecular formula is C25H32ClN9O2. The summed E-state index contributed by atoms with van der Waals surface area (Å²) in [5, 5.41) is 11.8. The highest BCUT2D eigenvalue weighted by molar-refractivity contribution is 6.31. The number of nitrogens with two attached hydrogens (primary N) is 4. The van der Waals surface area contributed by atoms with Gasteiger partial charge in [0.05, 0.1) is 12.4 Å². The number of nitrogen functional groups attached to an aromatic ring is 2. The molecule has 3 rings (SSSR count). The molecule has 11 nitrogen and oxygen atoms in total. The molecule has 0 aliphatic rings. The predicted molar refractivity (Wildman–Crippen MR) is 148 cm³/mol. The molecule has 0 aliphatic heterocycles. The third-order valence-electron chi connectivity index (χ3n) is 5.57. The van der Waals surface area contributed by atoms with E-state index in [9.17, 15) is 4.79 Å². The van der Waals surface area contributed by atoms with Gasteiger partial charge in [-0.2, -0.15) is 0 Å². The van der Waals surface area contributed by atoms with Crippen LogP contribution in [0.5, 0.6) is 5.75 Å². The van der Waals surface area contributed by atoms with Crippen LogP contribution in [0.2, 0.25) is 5.15 Å². The van der Waals surface area contributed by atoms with Crippen molar-refractivity contribution in [3.8, 4) is 5.75 Å². The highest BCUT2D eigenvalue weighted by atomic mass is 35.5. The lowest BCUT2D eigenvalue weighted by molar-refractivity contribution is 0.0972. The Bertz CT molecular complexity index is 1300. The Hall–Kier alpha value is -4.12. The molecule has 1 aromatic heterocycles. The highest BCUT2D eigenvalue weighted by Crippen LogP contribution is 2.29. The predicted octanol–water partition coefficient (Wildman–Crippen LogP) is 3.00. The molecule has 0 saturated carbocycles. The summed E-state index contributed by atoms with van der Waals surface area (Å²) >= 11 is 5.81. The zero-order chi connectivity index (χ0) is 26.8. The molecule has 2 aromatic carbocycles. The molecule has 196 valence electrons. The van der Waals surface area contributed by atoms with Crippen LogP contribution in [0.25, 0.3) is 10.8 Å². The lowest BCUT2D eigenvalue weighted by Crippen LogP contribution is -2.38. The van der Waals surface area contributed by atoms with E-state index < -0.39 is 5.91 Å². The van der Waals surface area contributed by atoms with Gasteiger partial charge in [0, 0.05) is 18.4 Å². The summed E-state index contributed by atoms with van der Waals surface area (Å²) in [5.41, 5.74) is 23.5. The van der Waals surface area contributed by atoms with Crippen molar-refractivity contribution in [1.82, 2.24) is 15.3 Å². The van der Waals surface area contributed by atoms with Crippen LogP contribution < -0.4 is 33.0 Å². The van der Waals surface area contributed by atoms with Gasteiger partial charge in [0.25, 0.3) is 5.91 Å². The summed E-state index contributed by atoms with van der Waals surface area (Å²) < 4.78 is 6.00. The molecule has 0 bridgehead atoms. The van der Waals surface area contributed by atoms with Gasteiger partial charge in [0.1, 0.15) is 5.75 Å². The maximum Gasteiger partial charge on any atom is 0.280 e. The fourth-order valence-electron chi connectivity index (χ4n) is 3.73. The Morgan fingerprint density at radius 1 is 1.00 bits per heavy atom. The number of nitrogens with zero attached hydrogens (tertiary/aromatic N) is 3. The van der Waals surface area contributed by atoms with Crippen LogP contribution in [0, 0.1) is 5.41 Å². The van der Waals surface area contributed by atoms with E-state index in [4.69, 9.17) is 44.7 Å². The number of fused-ring (bicyclic) bond motifs is 1. The number of anilines is 2. The number of carbonyl (C=O) groups excluding carboxylic acids is 1. The van der Waals surface area contributed by atoms with E-state index in [-0.39, 0.29) is 34.3 Å². The second-order valence-electron chi connectivity index (χ2n) is 8.41. The SMILES string of the molecule is N=C(N)CCCCOc1ccc(CCCCN=C(N)NC(=O)c2nc(Cl)c(N)nc2N)c2ccccc12. The monoisotopic (exact) mass is 525 g/mol. The van der Waals surface area contributed by atoms with E-state index in [1.807, 2.05) is 18.2 Å². The van der Waals surface area contributed by atoms with Crippen molar-refractivity contribution in [2.45, 2.75) is 38.5 Å². The van der Waals surface area contributed by atoms with E-state index in [0.29, 0.717) is 19.6 Å². The smallest absolute Gasteiger partial charge is 0.280 e. The Morgan fingerprint density at radius 2 is 1.76 bits per heavy atom. The van der Waals surface area contributed by atoms with Crippen molar-refractivity contribution in [2.24, 2.45) is 16.5 Å². The number of aryl methyl sites for hydroxylation is 1. The van der Waals surface area contributed by atoms with E-state index in [2.05, 4.69) is 38.5 Å². The summed E-state index contributed by atoms with van der Waals surface area (Å²) in [7, 11) is 0. The van der Waals surface area contributed by atoms with Crippen molar-refractivity contribution in [2.75, 3.05) is 24.6 Å². The summed E-state index contributed by atoms with van der Waals surface area (Å²) in [6, 6.07) is 12.3. The molecule has 37 heavy (non-hydrogen) atoms. The third-order valence-corrected chi connectivity index (χ3v) is 5.85. The second kappa shape index (κ2) is 13.3. The summed E-state index contributed by atoms with van der Waals surface area (Å²) in [5.74, 6) is 0.131. The number of unbranched alkanes of at least 4 members (excludes halogenated alkanes) is 2. The number of aromatic nitrogens is 2. The molecule has 0 fully saturated rings. The van der Waals surface area contributed by atoms with Crippen LogP contribution in [0.15, 0.2) is 41.4 Å². The van der Waals surface area contributed by atoms with Crippen molar-refractivity contribution in [3.63, 3.8) is 0 Å². The topological polar surface area (TPSA) is 204 Å². The van der Waals surface area contributed by atoms with Gasteiger partial charge in [-0.25, -0.2) is 9.97 Å². The number of hydrogen-bond acceptors (Lipinski definition) is 8. The highest BCUT2D eigenvalue weighted by Gasteiger charge is 2.16. The number of hydrogen-bond donors (Lipinski definition) is 6. The second-order valence-corrected chi connectivity index (χ2v) is 8.77. The molecule has 0 unspecified atom stereocenters. The molecule has 0 atom stereocenters. The van der Waals surface area contributed by atoms with Crippen LogP contribution in [-0.4, -0.2) is 40.8 Å². The molecule has 3 aromatic rings. The number of nitrogens with one attached hydrogen (secondary N) is 2. The Kier molecular flexibility index (Phi) is 9.84. The minimum Gasteiger partial charge on any atom is -0.493 e. The van der Waals surface area contributed by atoms with Gasteiger partial charge in [-0.05, 0) is 49.1 Å². The average Bonchev–Trinajstić information content (AvgIpc) is 2.86. The van der Waals surface area contributed by atoms with Gasteiger partial charge >= 0.3 is 0 Å². The number of carbonyl (C=O) groups is 1. The number of amides is 1. The first kappa shape index (κ1) is 27.5. The fourth-order valence-corrected chi connectivity index (χ4v) is 3.85. The maximum atomic E-state index is 12.3. The summed E-state index contributed by atoms with van der Waals surface area (Å²) in [6.45, 7) is 1.02. The largest absolute Gasteiger partial charge is 0.493 e. The van der Waals surface area contributed by atoms with E-state index in [0.717, 1.165) is 48.6 Å². The van der Waals surface area contributed by atoms with Crippen LogP contribution >= 0.6 is 11.6 Å². The Labute approximate surface area is 220 Å². The van der Waals surface area contributed by atoms with Gasteiger partial charge in [0.15, 0.2) is 28.4 Å². The summed E-state index contributed by atoms with van der Waals surface area (Å²) in [6.07, 6.45) is 4.78. The Morgan fingerprint density at radius 3 is 2.51 bits per heavy atom. The Balaban J connectivity index is 1.50. The van der Waals surface area contributed by atoms with E-state index in [1.54, 1.807) is 0 Å². The number of halogens is 1. The summed E-state index contributed by atoms with van der Waals surface area (Å²) in [4.78, 5) is 24.1. The standard InChI is InChI=1S/C25H32ClN9O2/c26-21-23(30)34-22(29)20(33-21)24(36)35-25(31)32-13-5-3-7-15-11-12-18(17-9-2-1-8-16(15)17)37-14-6-4-10-19(27)28/h1-2,8-9,11-12H,3-7,10,13-14H2,(H3,27,28)(H4,29,30,34)(H3,31,32,35,36). The van der Waals surface area contributed by atoms with Crippen molar-refractivity contribution in [3.05, 3.63) is 52.8 Å². The van der Waals surface area contributed by atoms with Crippen molar-refractivity contribution in [1.29, 1.82) is 5.41 Å². The minimum atomic E-state index is -0.666. The first-order valence-corrected chi connectivity index (χ1v) is 12.3. The van der Waals surface area contributed by atoms with Gasteiger partial charge in [0.2, 0.25) is 0 Å². The number of guanidine groups is 1. The lowest BCUT2D eigenvalue weighted by atomic mass is 9.99. The number of amidine groups is 1.